The molecule has 2 atom stereocenters. The van der Waals surface area contributed by atoms with Crippen molar-refractivity contribution < 1.29 is 9.13 Å². The Morgan fingerprint density at radius 1 is 1.29 bits per heavy atom. The Morgan fingerprint density at radius 2 is 2.05 bits per heavy atom. The van der Waals surface area contributed by atoms with Gasteiger partial charge in [0.2, 0.25) is 0 Å². The van der Waals surface area contributed by atoms with Crippen LogP contribution in [0.15, 0.2) is 46.9 Å². The van der Waals surface area contributed by atoms with E-state index < -0.39 is 0 Å². The van der Waals surface area contributed by atoms with E-state index in [1.54, 1.807) is 0 Å². The van der Waals surface area contributed by atoms with Gasteiger partial charge in [0.05, 0.1) is 0 Å². The highest BCUT2D eigenvalue weighted by Gasteiger charge is 2.23. The average Bonchev–Trinajstić information content (AvgIpc) is 2.87. The predicted molar refractivity (Wildman–Crippen MR) is 85.1 cm³/mol. The molecule has 0 amide bonds. The van der Waals surface area contributed by atoms with Gasteiger partial charge in [-0.2, -0.15) is 0 Å². The molecule has 21 heavy (non-hydrogen) atoms. The molecule has 0 saturated carbocycles. The molecule has 110 valence electrons. The predicted octanol–water partition coefficient (Wildman–Crippen LogP) is 4.24. The van der Waals surface area contributed by atoms with E-state index in [1.807, 2.05) is 24.3 Å². The first-order valence-corrected chi connectivity index (χ1v) is 7.85. The maximum atomic E-state index is 12.9. The van der Waals surface area contributed by atoms with Crippen LogP contribution in [0.2, 0.25) is 0 Å². The minimum atomic E-state index is -0.203. The summed E-state index contributed by atoms with van der Waals surface area (Å²) in [5.41, 5.74) is 2.32. The minimum absolute atomic E-state index is 0.150. The summed E-state index contributed by atoms with van der Waals surface area (Å²) in [5, 5.41) is 3.45. The number of rotatable bonds is 4. The Kier molecular flexibility index (Phi) is 4.27. The zero-order chi connectivity index (χ0) is 14.8. The second-order valence-electron chi connectivity index (χ2n) is 5.38. The van der Waals surface area contributed by atoms with Crippen LogP contribution in [0, 0.1) is 5.82 Å². The Hall–Kier alpha value is -1.39. The van der Waals surface area contributed by atoms with Crippen LogP contribution in [0.4, 0.5) is 4.39 Å². The first-order valence-electron chi connectivity index (χ1n) is 7.06. The van der Waals surface area contributed by atoms with Gasteiger partial charge < -0.3 is 10.1 Å². The molecule has 2 nitrogen and oxygen atoms in total. The van der Waals surface area contributed by atoms with Crippen LogP contribution in [-0.4, -0.2) is 12.6 Å². The number of benzene rings is 2. The topological polar surface area (TPSA) is 21.3 Å². The third-order valence-electron chi connectivity index (χ3n) is 3.79. The SMILES string of the molecule is CC(NCC1Cc2cc(Br)ccc2O1)c1ccc(F)cc1. The van der Waals surface area contributed by atoms with Crippen LogP contribution in [0.3, 0.4) is 0 Å². The Labute approximate surface area is 132 Å². The molecule has 2 aromatic rings. The second-order valence-corrected chi connectivity index (χ2v) is 6.29. The normalized spacial score (nSPS) is 18.1. The monoisotopic (exact) mass is 349 g/mol. The standard InChI is InChI=1S/C17H17BrFNO/c1-11(12-2-5-15(19)6-3-12)20-10-16-9-13-8-14(18)4-7-17(13)21-16/h2-8,11,16,20H,9-10H2,1H3. The second kappa shape index (κ2) is 6.16. The number of hydrogen-bond acceptors (Lipinski definition) is 2. The van der Waals surface area contributed by atoms with Gasteiger partial charge in [-0.15, -0.1) is 0 Å². The lowest BCUT2D eigenvalue weighted by atomic mass is 10.1. The first kappa shape index (κ1) is 14.5. The van der Waals surface area contributed by atoms with Gasteiger partial charge in [-0.1, -0.05) is 28.1 Å². The fourth-order valence-corrected chi connectivity index (χ4v) is 2.99. The van der Waals surface area contributed by atoms with E-state index in [4.69, 9.17) is 4.74 Å². The van der Waals surface area contributed by atoms with Gasteiger partial charge in [0.25, 0.3) is 0 Å². The first-order chi connectivity index (χ1) is 10.1. The molecule has 0 bridgehead atoms. The third-order valence-corrected chi connectivity index (χ3v) is 4.28. The summed E-state index contributed by atoms with van der Waals surface area (Å²) in [6, 6.07) is 12.9. The number of fused-ring (bicyclic) bond motifs is 1. The molecule has 2 aromatic carbocycles. The maximum absolute atomic E-state index is 12.9. The Bertz CT molecular complexity index is 629. The summed E-state index contributed by atoms with van der Waals surface area (Å²) >= 11 is 3.48. The molecule has 0 aliphatic carbocycles. The fourth-order valence-electron chi connectivity index (χ4n) is 2.58. The van der Waals surface area contributed by atoms with Crippen molar-refractivity contribution in [2.45, 2.75) is 25.5 Å². The van der Waals surface area contributed by atoms with Crippen LogP contribution in [0.1, 0.15) is 24.1 Å². The molecular formula is C17H17BrFNO. The lowest BCUT2D eigenvalue weighted by Crippen LogP contribution is -2.31. The van der Waals surface area contributed by atoms with Gasteiger partial charge in [0.1, 0.15) is 17.7 Å². The zero-order valence-corrected chi connectivity index (χ0v) is 13.4. The van der Waals surface area contributed by atoms with Crippen molar-refractivity contribution >= 4 is 15.9 Å². The van der Waals surface area contributed by atoms with Crippen molar-refractivity contribution in [3.63, 3.8) is 0 Å². The molecule has 3 rings (SSSR count). The van der Waals surface area contributed by atoms with Crippen LogP contribution >= 0.6 is 15.9 Å². The van der Waals surface area contributed by atoms with Crippen molar-refractivity contribution in [1.29, 1.82) is 0 Å². The highest BCUT2D eigenvalue weighted by Crippen LogP contribution is 2.31. The van der Waals surface area contributed by atoms with E-state index >= 15 is 0 Å². The van der Waals surface area contributed by atoms with Crippen LogP contribution in [-0.2, 0) is 6.42 Å². The van der Waals surface area contributed by atoms with Crippen molar-refractivity contribution in [3.05, 3.63) is 63.9 Å². The number of nitrogens with one attached hydrogen (secondary N) is 1. The molecule has 4 heteroatoms. The van der Waals surface area contributed by atoms with E-state index in [9.17, 15) is 4.39 Å². The molecule has 0 spiro atoms. The van der Waals surface area contributed by atoms with Gasteiger partial charge >= 0.3 is 0 Å². The Morgan fingerprint density at radius 3 is 2.81 bits per heavy atom. The largest absolute Gasteiger partial charge is 0.488 e. The number of halogens is 2. The van der Waals surface area contributed by atoms with Crippen molar-refractivity contribution in [3.8, 4) is 5.75 Å². The number of ether oxygens (including phenoxy) is 1. The quantitative estimate of drug-likeness (QED) is 0.891. The maximum Gasteiger partial charge on any atom is 0.123 e. The molecular weight excluding hydrogens is 333 g/mol. The summed E-state index contributed by atoms with van der Waals surface area (Å²) in [6.07, 6.45) is 1.06. The van der Waals surface area contributed by atoms with E-state index in [0.717, 1.165) is 28.8 Å². The van der Waals surface area contributed by atoms with Crippen LogP contribution < -0.4 is 10.1 Å². The summed E-state index contributed by atoms with van der Waals surface area (Å²) in [4.78, 5) is 0. The van der Waals surface area contributed by atoms with Gasteiger partial charge in [-0.05, 0) is 48.4 Å². The molecule has 1 heterocycles. The average molecular weight is 350 g/mol. The molecule has 0 aromatic heterocycles. The smallest absolute Gasteiger partial charge is 0.123 e. The Balaban J connectivity index is 1.56. The molecule has 2 unspecified atom stereocenters. The zero-order valence-electron chi connectivity index (χ0n) is 11.8. The summed E-state index contributed by atoms with van der Waals surface area (Å²) in [6.45, 7) is 2.84. The fraction of sp³-hybridized carbons (Fsp3) is 0.294. The summed E-state index contributed by atoms with van der Waals surface area (Å²) in [7, 11) is 0. The summed E-state index contributed by atoms with van der Waals surface area (Å²) in [5.74, 6) is 0.769. The molecule has 1 aliphatic rings. The van der Waals surface area contributed by atoms with E-state index in [0.29, 0.717) is 0 Å². The number of hydrogen-bond donors (Lipinski definition) is 1. The van der Waals surface area contributed by atoms with E-state index in [2.05, 4.69) is 34.2 Å². The molecule has 1 N–H and O–H groups in total. The molecule has 0 radical (unpaired) electrons. The third kappa shape index (κ3) is 3.44. The lowest BCUT2D eigenvalue weighted by Gasteiger charge is -2.17. The van der Waals surface area contributed by atoms with Crippen LogP contribution in [0.5, 0.6) is 5.75 Å². The van der Waals surface area contributed by atoms with E-state index in [1.165, 1.54) is 17.7 Å². The minimum Gasteiger partial charge on any atom is -0.488 e. The van der Waals surface area contributed by atoms with Gasteiger partial charge in [-0.3, -0.25) is 0 Å². The summed E-state index contributed by atoms with van der Waals surface area (Å²) < 4.78 is 19.9. The van der Waals surface area contributed by atoms with Gasteiger partial charge in [0.15, 0.2) is 0 Å². The highest BCUT2D eigenvalue weighted by atomic mass is 79.9. The molecule has 0 saturated heterocycles. The highest BCUT2D eigenvalue weighted by molar-refractivity contribution is 9.10. The van der Waals surface area contributed by atoms with Gasteiger partial charge in [0, 0.05) is 23.5 Å². The molecule has 0 fully saturated rings. The molecule has 1 aliphatic heterocycles. The van der Waals surface area contributed by atoms with Crippen molar-refractivity contribution in [2.24, 2.45) is 0 Å². The van der Waals surface area contributed by atoms with Crippen molar-refractivity contribution in [2.75, 3.05) is 6.54 Å². The van der Waals surface area contributed by atoms with E-state index in [-0.39, 0.29) is 18.0 Å². The van der Waals surface area contributed by atoms with Crippen LogP contribution in [0.25, 0.3) is 0 Å². The lowest BCUT2D eigenvalue weighted by molar-refractivity contribution is 0.222. The van der Waals surface area contributed by atoms with Gasteiger partial charge in [-0.25, -0.2) is 4.39 Å². The van der Waals surface area contributed by atoms with Crippen molar-refractivity contribution in [1.82, 2.24) is 5.32 Å².